The molecule has 0 saturated carbocycles. The second-order valence-electron chi connectivity index (χ2n) is 4.84. The highest BCUT2D eigenvalue weighted by atomic mass is 15.4. The SMILES string of the molecule is CC(C)c1ccc(-n2cc(C(C)C)nn2)cn1. The Kier molecular flexibility index (Phi) is 3.22. The van der Waals surface area contributed by atoms with Crippen molar-refractivity contribution in [2.24, 2.45) is 0 Å². The van der Waals surface area contributed by atoms with Gasteiger partial charge in [0.15, 0.2) is 0 Å². The van der Waals surface area contributed by atoms with E-state index in [1.807, 2.05) is 24.5 Å². The maximum Gasteiger partial charge on any atom is 0.0857 e. The van der Waals surface area contributed by atoms with Crippen LogP contribution in [0.15, 0.2) is 24.5 Å². The van der Waals surface area contributed by atoms with E-state index in [-0.39, 0.29) is 0 Å². The Balaban J connectivity index is 2.27. The average molecular weight is 230 g/mol. The monoisotopic (exact) mass is 230 g/mol. The molecule has 4 heteroatoms. The number of rotatable bonds is 3. The van der Waals surface area contributed by atoms with Crippen LogP contribution >= 0.6 is 0 Å². The third kappa shape index (κ3) is 2.52. The van der Waals surface area contributed by atoms with Gasteiger partial charge in [-0.1, -0.05) is 32.9 Å². The fourth-order valence-electron chi connectivity index (χ4n) is 1.54. The fraction of sp³-hybridized carbons (Fsp3) is 0.462. The molecule has 0 bridgehead atoms. The maximum atomic E-state index is 4.42. The van der Waals surface area contributed by atoms with Crippen LogP contribution in [-0.4, -0.2) is 20.0 Å². The van der Waals surface area contributed by atoms with Crippen LogP contribution in [0.25, 0.3) is 5.69 Å². The van der Waals surface area contributed by atoms with E-state index in [2.05, 4.69) is 43.0 Å². The molecule has 17 heavy (non-hydrogen) atoms. The molecule has 2 rings (SSSR count). The summed E-state index contributed by atoms with van der Waals surface area (Å²) in [5, 5.41) is 8.24. The van der Waals surface area contributed by atoms with Crippen molar-refractivity contribution in [2.45, 2.75) is 39.5 Å². The first-order chi connectivity index (χ1) is 8.08. The molecule has 0 N–H and O–H groups in total. The van der Waals surface area contributed by atoms with Crippen molar-refractivity contribution in [3.8, 4) is 5.69 Å². The first-order valence-corrected chi connectivity index (χ1v) is 5.96. The van der Waals surface area contributed by atoms with Gasteiger partial charge in [-0.3, -0.25) is 4.98 Å². The van der Waals surface area contributed by atoms with Gasteiger partial charge in [-0.2, -0.15) is 0 Å². The van der Waals surface area contributed by atoms with Gasteiger partial charge in [-0.05, 0) is 24.0 Å². The van der Waals surface area contributed by atoms with E-state index in [1.165, 1.54) is 0 Å². The second-order valence-corrected chi connectivity index (χ2v) is 4.84. The summed E-state index contributed by atoms with van der Waals surface area (Å²) >= 11 is 0. The molecule has 0 aliphatic rings. The Morgan fingerprint density at radius 2 is 1.71 bits per heavy atom. The lowest BCUT2D eigenvalue weighted by Crippen LogP contribution is -1.98. The normalized spacial score (nSPS) is 11.4. The number of pyridine rings is 1. The predicted octanol–water partition coefficient (Wildman–Crippen LogP) is 2.91. The van der Waals surface area contributed by atoms with Crippen LogP contribution in [0.1, 0.15) is 50.9 Å². The van der Waals surface area contributed by atoms with Crippen LogP contribution < -0.4 is 0 Å². The molecule has 0 amide bonds. The largest absolute Gasteiger partial charge is 0.259 e. The standard InChI is InChI=1S/C13H18N4/c1-9(2)12-6-5-11(7-14-12)17-8-13(10(3)4)15-16-17/h5-10H,1-4H3. The lowest BCUT2D eigenvalue weighted by molar-refractivity contribution is 0.768. The van der Waals surface area contributed by atoms with Gasteiger partial charge in [0.25, 0.3) is 0 Å². The number of nitrogens with zero attached hydrogens (tertiary/aromatic N) is 4. The molecule has 0 aliphatic heterocycles. The first kappa shape index (κ1) is 11.8. The van der Waals surface area contributed by atoms with Crippen molar-refractivity contribution in [1.82, 2.24) is 20.0 Å². The molecular weight excluding hydrogens is 212 g/mol. The molecule has 2 aromatic heterocycles. The van der Waals surface area contributed by atoms with Gasteiger partial charge in [-0.25, -0.2) is 4.68 Å². The van der Waals surface area contributed by atoms with Crippen LogP contribution in [0.3, 0.4) is 0 Å². The molecule has 0 aromatic carbocycles. The third-order valence-corrected chi connectivity index (χ3v) is 2.73. The summed E-state index contributed by atoms with van der Waals surface area (Å²) in [6.07, 6.45) is 3.80. The molecule has 2 heterocycles. The van der Waals surface area contributed by atoms with Crippen molar-refractivity contribution in [2.75, 3.05) is 0 Å². The molecule has 0 fully saturated rings. The van der Waals surface area contributed by atoms with Crippen LogP contribution in [0.5, 0.6) is 0 Å². The predicted molar refractivity (Wildman–Crippen MR) is 67.3 cm³/mol. The number of aromatic nitrogens is 4. The van der Waals surface area contributed by atoms with Crippen LogP contribution in [0.4, 0.5) is 0 Å². The van der Waals surface area contributed by atoms with Crippen LogP contribution in [-0.2, 0) is 0 Å². The zero-order valence-corrected chi connectivity index (χ0v) is 10.8. The van der Waals surface area contributed by atoms with Crippen molar-refractivity contribution >= 4 is 0 Å². The first-order valence-electron chi connectivity index (χ1n) is 5.96. The van der Waals surface area contributed by atoms with Crippen molar-refractivity contribution in [3.05, 3.63) is 35.9 Å². The number of hydrogen-bond acceptors (Lipinski definition) is 3. The lowest BCUT2D eigenvalue weighted by atomic mass is 10.1. The van der Waals surface area contributed by atoms with Gasteiger partial charge in [0, 0.05) is 5.69 Å². The van der Waals surface area contributed by atoms with Gasteiger partial charge in [0.05, 0.1) is 23.8 Å². The molecule has 90 valence electrons. The Bertz CT molecular complexity index is 482. The summed E-state index contributed by atoms with van der Waals surface area (Å²) in [7, 11) is 0. The Hall–Kier alpha value is -1.71. The molecule has 0 atom stereocenters. The van der Waals surface area contributed by atoms with Crippen molar-refractivity contribution < 1.29 is 0 Å². The highest BCUT2D eigenvalue weighted by molar-refractivity contribution is 5.29. The van der Waals surface area contributed by atoms with E-state index in [4.69, 9.17) is 0 Å². The van der Waals surface area contributed by atoms with Crippen molar-refractivity contribution in [3.63, 3.8) is 0 Å². The molecule has 0 radical (unpaired) electrons. The molecule has 0 saturated heterocycles. The summed E-state index contributed by atoms with van der Waals surface area (Å²) in [5.41, 5.74) is 3.05. The molecule has 4 nitrogen and oxygen atoms in total. The van der Waals surface area contributed by atoms with Gasteiger partial charge in [-0.15, -0.1) is 5.10 Å². The smallest absolute Gasteiger partial charge is 0.0857 e. The van der Waals surface area contributed by atoms with E-state index >= 15 is 0 Å². The summed E-state index contributed by atoms with van der Waals surface area (Å²) in [4.78, 5) is 4.42. The van der Waals surface area contributed by atoms with Gasteiger partial charge in [0.2, 0.25) is 0 Å². The highest BCUT2D eigenvalue weighted by Crippen LogP contribution is 2.15. The third-order valence-electron chi connectivity index (χ3n) is 2.73. The molecule has 0 unspecified atom stereocenters. The summed E-state index contributed by atoms with van der Waals surface area (Å²) in [6.45, 7) is 8.48. The minimum absolute atomic E-state index is 0.395. The topological polar surface area (TPSA) is 43.6 Å². The van der Waals surface area contributed by atoms with Gasteiger partial charge in [0.1, 0.15) is 0 Å². The quantitative estimate of drug-likeness (QED) is 0.814. The lowest BCUT2D eigenvalue weighted by Gasteiger charge is -2.05. The summed E-state index contributed by atoms with van der Waals surface area (Å²) in [5.74, 6) is 0.845. The van der Waals surface area contributed by atoms with Crippen molar-refractivity contribution in [1.29, 1.82) is 0 Å². The fourth-order valence-corrected chi connectivity index (χ4v) is 1.54. The molecule has 2 aromatic rings. The van der Waals surface area contributed by atoms with Crippen LogP contribution in [0.2, 0.25) is 0 Å². The summed E-state index contributed by atoms with van der Waals surface area (Å²) in [6, 6.07) is 4.07. The van der Waals surface area contributed by atoms with E-state index in [0.29, 0.717) is 11.8 Å². The zero-order valence-electron chi connectivity index (χ0n) is 10.8. The Morgan fingerprint density at radius 1 is 1.00 bits per heavy atom. The molecule has 0 aliphatic carbocycles. The zero-order chi connectivity index (χ0) is 12.4. The van der Waals surface area contributed by atoms with E-state index in [9.17, 15) is 0 Å². The molecular formula is C13H18N4. The van der Waals surface area contributed by atoms with Crippen LogP contribution in [0, 0.1) is 0 Å². The minimum atomic E-state index is 0.395. The van der Waals surface area contributed by atoms with E-state index in [1.54, 1.807) is 4.68 Å². The van der Waals surface area contributed by atoms with E-state index < -0.39 is 0 Å². The Labute approximate surface area is 102 Å². The Morgan fingerprint density at radius 3 is 2.18 bits per heavy atom. The average Bonchev–Trinajstić information content (AvgIpc) is 2.78. The highest BCUT2D eigenvalue weighted by Gasteiger charge is 2.07. The number of hydrogen-bond donors (Lipinski definition) is 0. The maximum absolute atomic E-state index is 4.42. The summed E-state index contributed by atoms with van der Waals surface area (Å²) < 4.78 is 1.77. The minimum Gasteiger partial charge on any atom is -0.259 e. The molecule has 0 spiro atoms. The van der Waals surface area contributed by atoms with Gasteiger partial charge < -0.3 is 0 Å². The van der Waals surface area contributed by atoms with Gasteiger partial charge >= 0.3 is 0 Å². The second kappa shape index (κ2) is 4.65. The van der Waals surface area contributed by atoms with E-state index in [0.717, 1.165) is 17.1 Å².